The van der Waals surface area contributed by atoms with Gasteiger partial charge in [0.1, 0.15) is 6.04 Å². The average molecular weight is 762 g/mol. The van der Waals surface area contributed by atoms with Gasteiger partial charge in [-0.3, -0.25) is 24.6 Å². The predicted octanol–water partition coefficient (Wildman–Crippen LogP) is 6.54. The molecule has 4 saturated heterocycles. The average Bonchev–Trinajstić information content (AvgIpc) is 3.53. The Morgan fingerprint density at radius 2 is 1.36 bits per heavy atom. The minimum absolute atomic E-state index is 0.0516. The number of nitrogens with one attached hydrogen (secondary N) is 1. The number of likely N-dealkylation sites (tertiary alicyclic amines) is 2. The van der Waals surface area contributed by atoms with Gasteiger partial charge in [0, 0.05) is 63.7 Å². The number of carbonyl (C=O) groups is 3. The molecule has 9 nitrogen and oxygen atoms in total. The fourth-order valence-corrected chi connectivity index (χ4v) is 13.5. The second-order valence-corrected chi connectivity index (χ2v) is 20.1. The monoisotopic (exact) mass is 762 g/mol. The van der Waals surface area contributed by atoms with Crippen molar-refractivity contribution >= 4 is 17.7 Å². The number of carbonyl (C=O) groups excluding carboxylic acids is 3. The quantitative estimate of drug-likeness (QED) is 0.204. The van der Waals surface area contributed by atoms with Crippen molar-refractivity contribution in [3.8, 4) is 0 Å². The van der Waals surface area contributed by atoms with Gasteiger partial charge >= 0.3 is 0 Å². The highest BCUT2D eigenvalue weighted by Crippen LogP contribution is 2.47. The van der Waals surface area contributed by atoms with E-state index in [0.717, 1.165) is 82.1 Å². The van der Waals surface area contributed by atoms with Gasteiger partial charge in [0.2, 0.25) is 17.7 Å². The summed E-state index contributed by atoms with van der Waals surface area (Å²) in [6.07, 6.45) is 24.7. The molecular weight excluding hydrogens is 687 g/mol. The zero-order valence-electron chi connectivity index (χ0n) is 34.7. The Morgan fingerprint density at radius 3 is 2.02 bits per heavy atom. The van der Waals surface area contributed by atoms with Crippen LogP contribution in [0.4, 0.5) is 0 Å². The van der Waals surface area contributed by atoms with E-state index in [1.165, 1.54) is 110 Å². The van der Waals surface area contributed by atoms with E-state index in [-0.39, 0.29) is 29.7 Å². The fraction of sp³-hybridized carbons (Fsp3) is 0.891. The molecule has 0 radical (unpaired) electrons. The van der Waals surface area contributed by atoms with Crippen LogP contribution >= 0.6 is 0 Å². The van der Waals surface area contributed by atoms with Crippen LogP contribution < -0.4 is 5.32 Å². The van der Waals surface area contributed by atoms with Gasteiger partial charge in [-0.1, -0.05) is 44.3 Å². The summed E-state index contributed by atoms with van der Waals surface area (Å²) in [7, 11) is 0. The van der Waals surface area contributed by atoms with E-state index in [4.69, 9.17) is 0 Å². The molecule has 0 spiro atoms. The Labute approximate surface area is 332 Å². The molecule has 4 heterocycles. The lowest BCUT2D eigenvalue weighted by molar-refractivity contribution is -0.144. The molecule has 2 N–H and O–H groups in total. The van der Waals surface area contributed by atoms with Crippen LogP contribution in [0.3, 0.4) is 0 Å². The van der Waals surface area contributed by atoms with Crippen LogP contribution in [-0.2, 0) is 14.4 Å². The van der Waals surface area contributed by atoms with E-state index in [1.807, 2.05) is 16.0 Å². The maximum Gasteiger partial charge on any atom is 0.249 e. The molecule has 8 rings (SSSR count). The smallest absolute Gasteiger partial charge is 0.249 e. The largest absolute Gasteiger partial charge is 0.393 e. The summed E-state index contributed by atoms with van der Waals surface area (Å²) in [5.74, 6) is 2.37. The van der Waals surface area contributed by atoms with Crippen LogP contribution in [0.2, 0.25) is 0 Å². The summed E-state index contributed by atoms with van der Waals surface area (Å²) in [5, 5.41) is 12.8. The van der Waals surface area contributed by atoms with Crippen LogP contribution in [0.1, 0.15) is 149 Å². The molecule has 4 atom stereocenters. The van der Waals surface area contributed by atoms with E-state index in [0.29, 0.717) is 36.8 Å². The number of hydrogen-bond donors (Lipinski definition) is 2. The lowest BCUT2D eigenvalue weighted by atomic mass is 9.67. The Morgan fingerprint density at radius 1 is 0.727 bits per heavy atom. The second kappa shape index (κ2) is 17.6. The number of rotatable bonds is 9. The van der Waals surface area contributed by atoms with Gasteiger partial charge in [-0.25, -0.2) is 0 Å². The lowest BCUT2D eigenvalue weighted by Crippen LogP contribution is -2.55. The minimum atomic E-state index is -0.468. The number of imide groups is 1. The van der Waals surface area contributed by atoms with Crippen molar-refractivity contribution in [3.63, 3.8) is 0 Å². The molecule has 8 aliphatic rings. The number of piperidine rings is 2. The first kappa shape index (κ1) is 40.0. The zero-order valence-corrected chi connectivity index (χ0v) is 34.7. The number of nitrogens with zero attached hydrogens (tertiary/aromatic N) is 4. The third-order valence-corrected chi connectivity index (χ3v) is 16.7. The van der Waals surface area contributed by atoms with E-state index < -0.39 is 6.04 Å². The van der Waals surface area contributed by atoms with E-state index in [1.54, 1.807) is 0 Å². The Kier molecular flexibility index (Phi) is 12.8. The molecule has 0 bridgehead atoms. The number of aliphatic hydroxyl groups excluding tert-OH is 1. The highest BCUT2D eigenvalue weighted by atomic mass is 16.3. The van der Waals surface area contributed by atoms with Crippen molar-refractivity contribution in [3.05, 3.63) is 11.1 Å². The third kappa shape index (κ3) is 8.95. The Hall–Kier alpha value is -1.81. The molecule has 4 saturated carbocycles. The minimum Gasteiger partial charge on any atom is -0.393 e. The summed E-state index contributed by atoms with van der Waals surface area (Å²) in [4.78, 5) is 47.7. The first-order valence-corrected chi connectivity index (χ1v) is 23.4. The van der Waals surface area contributed by atoms with Crippen LogP contribution in [0.25, 0.3) is 0 Å². The molecule has 4 unspecified atom stereocenters. The number of fused-ring (bicyclic) bond motifs is 1. The molecule has 9 heteroatoms. The number of allylic oxidation sites excluding steroid dienone is 2. The molecule has 0 aromatic heterocycles. The van der Waals surface area contributed by atoms with Gasteiger partial charge in [-0.15, -0.1) is 0 Å². The third-order valence-electron chi connectivity index (χ3n) is 16.7. The number of hydrogen-bond acceptors (Lipinski definition) is 7. The van der Waals surface area contributed by atoms with Gasteiger partial charge < -0.3 is 19.8 Å². The second-order valence-electron chi connectivity index (χ2n) is 20.1. The van der Waals surface area contributed by atoms with Crippen LogP contribution in [0.15, 0.2) is 11.1 Å². The van der Waals surface area contributed by atoms with Crippen molar-refractivity contribution < 1.29 is 19.5 Å². The van der Waals surface area contributed by atoms with E-state index in [2.05, 4.69) is 33.9 Å². The molecule has 55 heavy (non-hydrogen) atoms. The normalized spacial score (nSPS) is 38.1. The molecule has 8 fully saturated rings. The first-order valence-electron chi connectivity index (χ1n) is 23.4. The zero-order chi connectivity index (χ0) is 38.1. The van der Waals surface area contributed by atoms with Crippen molar-refractivity contribution in [1.82, 2.24) is 24.9 Å². The topological polar surface area (TPSA) is 96.4 Å². The van der Waals surface area contributed by atoms with Crippen molar-refractivity contribution in [1.29, 1.82) is 0 Å². The van der Waals surface area contributed by atoms with Crippen LogP contribution in [0, 0.1) is 35.0 Å². The number of aliphatic hydroxyl groups is 1. The lowest BCUT2D eigenvalue weighted by Gasteiger charge is -2.48. The maximum absolute atomic E-state index is 13.3. The van der Waals surface area contributed by atoms with Crippen LogP contribution in [-0.4, -0.2) is 119 Å². The molecule has 308 valence electrons. The summed E-state index contributed by atoms with van der Waals surface area (Å²) < 4.78 is 0. The van der Waals surface area contributed by atoms with Crippen molar-refractivity contribution in [2.45, 2.75) is 173 Å². The summed E-state index contributed by atoms with van der Waals surface area (Å²) in [6, 6.07) is 0.833. The van der Waals surface area contributed by atoms with Crippen molar-refractivity contribution in [2.75, 3.05) is 52.4 Å². The summed E-state index contributed by atoms with van der Waals surface area (Å²) >= 11 is 0. The van der Waals surface area contributed by atoms with E-state index in [9.17, 15) is 19.5 Å². The maximum atomic E-state index is 13.3. The van der Waals surface area contributed by atoms with Gasteiger partial charge in [0.15, 0.2) is 0 Å². The van der Waals surface area contributed by atoms with Crippen molar-refractivity contribution in [2.24, 2.45) is 35.0 Å². The molecule has 4 aliphatic heterocycles. The highest BCUT2D eigenvalue weighted by Gasteiger charge is 2.49. The molecule has 4 aliphatic carbocycles. The van der Waals surface area contributed by atoms with Gasteiger partial charge in [0.05, 0.1) is 6.10 Å². The van der Waals surface area contributed by atoms with Crippen LogP contribution in [0.5, 0.6) is 0 Å². The molecular formula is C46H75N5O4. The molecule has 0 aromatic rings. The summed E-state index contributed by atoms with van der Waals surface area (Å²) in [6.45, 7) is 14.0. The Balaban J connectivity index is 0.785. The first-order chi connectivity index (χ1) is 26.7. The predicted molar refractivity (Wildman–Crippen MR) is 217 cm³/mol. The standard InChI is InChI=1S/C46H75N5O4/c1-3-39(32-7-5-4-6-8-32)43(34-11-16-38(52)17-12-34)33-9-13-36(14-10-33)49-23-21-46(2,22-24-49)31-48-25-27-50(28-26-48)37-15-18-40-35(29-37)30-51(45(40)55)41-19-20-42(53)47-44(41)54/h32-38,40-41,52H,3-31H2,1-2H3,(H,47,53,54)/b43-39+. The van der Waals surface area contributed by atoms with Gasteiger partial charge in [0.25, 0.3) is 0 Å². The van der Waals surface area contributed by atoms with Gasteiger partial charge in [-0.2, -0.15) is 0 Å². The van der Waals surface area contributed by atoms with Gasteiger partial charge in [-0.05, 0) is 151 Å². The highest BCUT2D eigenvalue weighted by molar-refractivity contribution is 6.02. The van der Waals surface area contributed by atoms with E-state index >= 15 is 0 Å². The fourth-order valence-electron chi connectivity index (χ4n) is 13.5. The number of piperazine rings is 1. The molecule has 3 amide bonds. The number of amides is 3. The SMILES string of the molecule is CC/C(=C(\C1CCC(O)CC1)C1CCC(N2CCC(C)(CN3CCN(C4CCC5C(=O)N(C6CCC(=O)NC6=O)CC5C4)CC3)CC2)CC1)C1CCCCC1. The summed E-state index contributed by atoms with van der Waals surface area (Å²) in [5.41, 5.74) is 4.17. The molecule has 0 aromatic carbocycles. The Bertz CT molecular complexity index is 1380.